The fourth-order valence-corrected chi connectivity index (χ4v) is 4.47. The summed E-state index contributed by atoms with van der Waals surface area (Å²) in [5.74, 6) is -0.428. The number of fused-ring (bicyclic) bond motifs is 3. The van der Waals surface area contributed by atoms with Crippen LogP contribution in [0.1, 0.15) is 44.2 Å². The van der Waals surface area contributed by atoms with Crippen LogP contribution in [0.15, 0.2) is 30.6 Å². The molecule has 182 valence electrons. The number of aromatic nitrogens is 6. The van der Waals surface area contributed by atoms with Gasteiger partial charge in [-0.05, 0) is 37.5 Å². The molecule has 12 heteroatoms. The van der Waals surface area contributed by atoms with Crippen LogP contribution in [-0.2, 0) is 11.0 Å². The Kier molecular flexibility index (Phi) is 5.73. The Hall–Kier alpha value is -3.83. The van der Waals surface area contributed by atoms with Crippen molar-refractivity contribution >= 4 is 33.8 Å². The summed E-state index contributed by atoms with van der Waals surface area (Å²) < 4.78 is 41.9. The summed E-state index contributed by atoms with van der Waals surface area (Å²) in [6.45, 7) is 3.24. The van der Waals surface area contributed by atoms with Crippen LogP contribution in [0, 0.1) is 0 Å². The molecule has 35 heavy (non-hydrogen) atoms. The van der Waals surface area contributed by atoms with Crippen molar-refractivity contribution in [2.45, 2.75) is 44.8 Å². The van der Waals surface area contributed by atoms with Crippen LogP contribution in [0.5, 0.6) is 0 Å². The van der Waals surface area contributed by atoms with Crippen LogP contribution in [-0.4, -0.2) is 53.8 Å². The third-order valence-corrected chi connectivity index (χ3v) is 6.29. The van der Waals surface area contributed by atoms with E-state index in [1.54, 1.807) is 23.0 Å². The third-order valence-electron chi connectivity index (χ3n) is 6.29. The van der Waals surface area contributed by atoms with Crippen molar-refractivity contribution in [3.63, 3.8) is 0 Å². The predicted octanol–water partition coefficient (Wildman–Crippen LogP) is 4.00. The van der Waals surface area contributed by atoms with E-state index in [1.165, 1.54) is 6.20 Å². The molecule has 1 fully saturated rings. The first-order chi connectivity index (χ1) is 16.8. The standard InChI is InChI=1S/C23H23F3N8O/c1-2-3-19(35)33-8-6-14(7-9-33)34-21-18(31-32-34)12-28-17-5-4-16(30-20(17)21)13-10-15(23(24,25)26)22(27)29-11-13/h4-5,10-12,14H,2-3,6-9H2,1H3,(H2,27,29). The molecule has 4 aromatic rings. The minimum absolute atomic E-state index is 0.0109. The maximum atomic E-state index is 13.3. The molecule has 1 aliphatic rings. The zero-order chi connectivity index (χ0) is 24.7. The van der Waals surface area contributed by atoms with Gasteiger partial charge in [-0.3, -0.25) is 9.78 Å². The summed E-state index contributed by atoms with van der Waals surface area (Å²) in [5, 5.41) is 8.58. The number of hydrogen-bond donors (Lipinski definition) is 1. The number of hydrogen-bond acceptors (Lipinski definition) is 7. The lowest BCUT2D eigenvalue weighted by Gasteiger charge is -2.32. The second-order valence-electron chi connectivity index (χ2n) is 8.61. The molecule has 1 saturated heterocycles. The SMILES string of the molecule is CCCC(=O)N1CCC(n2nnc3cnc4ccc(-c5cnc(N)c(C(F)(F)F)c5)nc4c32)CC1. The van der Waals surface area contributed by atoms with Gasteiger partial charge in [-0.2, -0.15) is 13.2 Å². The Morgan fingerprint density at radius 3 is 2.63 bits per heavy atom. The molecule has 0 saturated carbocycles. The summed E-state index contributed by atoms with van der Waals surface area (Å²) in [7, 11) is 0. The molecule has 0 aromatic carbocycles. The van der Waals surface area contributed by atoms with Gasteiger partial charge in [0.05, 0.1) is 29.0 Å². The molecule has 1 amide bonds. The number of nitrogen functional groups attached to an aromatic ring is 1. The number of likely N-dealkylation sites (tertiary alicyclic amines) is 1. The molecule has 5 heterocycles. The molecule has 0 spiro atoms. The maximum Gasteiger partial charge on any atom is 0.419 e. The van der Waals surface area contributed by atoms with Gasteiger partial charge in [0.25, 0.3) is 0 Å². The van der Waals surface area contributed by atoms with Crippen molar-refractivity contribution in [2.24, 2.45) is 0 Å². The number of carbonyl (C=O) groups excluding carboxylic acids is 1. The van der Waals surface area contributed by atoms with Gasteiger partial charge >= 0.3 is 6.18 Å². The highest BCUT2D eigenvalue weighted by Gasteiger charge is 2.34. The van der Waals surface area contributed by atoms with E-state index in [0.717, 1.165) is 12.5 Å². The van der Waals surface area contributed by atoms with E-state index in [2.05, 4.69) is 25.3 Å². The third kappa shape index (κ3) is 4.24. The lowest BCUT2D eigenvalue weighted by Crippen LogP contribution is -2.39. The number of pyridine rings is 3. The average Bonchev–Trinajstić information content (AvgIpc) is 3.28. The lowest BCUT2D eigenvalue weighted by molar-refractivity contribution is -0.137. The number of piperidine rings is 1. The first-order valence-electron chi connectivity index (χ1n) is 11.4. The van der Waals surface area contributed by atoms with Crippen LogP contribution < -0.4 is 5.73 Å². The van der Waals surface area contributed by atoms with Gasteiger partial charge in [-0.25, -0.2) is 14.6 Å². The van der Waals surface area contributed by atoms with Gasteiger partial charge in [-0.15, -0.1) is 5.10 Å². The number of anilines is 1. The number of amides is 1. The van der Waals surface area contributed by atoms with Gasteiger partial charge < -0.3 is 10.6 Å². The minimum Gasteiger partial charge on any atom is -0.383 e. The molecule has 5 rings (SSSR count). The molecule has 2 N–H and O–H groups in total. The van der Waals surface area contributed by atoms with Gasteiger partial charge in [0.1, 0.15) is 22.4 Å². The van der Waals surface area contributed by atoms with E-state index < -0.39 is 17.6 Å². The van der Waals surface area contributed by atoms with E-state index >= 15 is 0 Å². The van der Waals surface area contributed by atoms with Crippen LogP contribution in [0.25, 0.3) is 33.3 Å². The quantitative estimate of drug-likeness (QED) is 0.465. The second-order valence-corrected chi connectivity index (χ2v) is 8.61. The number of nitrogens with two attached hydrogens (primary N) is 1. The highest BCUT2D eigenvalue weighted by molar-refractivity contribution is 5.99. The highest BCUT2D eigenvalue weighted by Crippen LogP contribution is 2.35. The van der Waals surface area contributed by atoms with Crippen molar-refractivity contribution in [3.05, 3.63) is 36.2 Å². The second kappa shape index (κ2) is 8.75. The van der Waals surface area contributed by atoms with E-state index in [4.69, 9.17) is 5.73 Å². The van der Waals surface area contributed by atoms with Gasteiger partial charge in [0, 0.05) is 31.3 Å². The van der Waals surface area contributed by atoms with Crippen molar-refractivity contribution in [1.82, 2.24) is 34.8 Å². The smallest absolute Gasteiger partial charge is 0.383 e. The largest absolute Gasteiger partial charge is 0.419 e. The van der Waals surface area contributed by atoms with Crippen molar-refractivity contribution < 1.29 is 18.0 Å². The molecule has 0 bridgehead atoms. The Morgan fingerprint density at radius 2 is 1.91 bits per heavy atom. The van der Waals surface area contributed by atoms with E-state index in [0.29, 0.717) is 60.1 Å². The van der Waals surface area contributed by atoms with Crippen LogP contribution >= 0.6 is 0 Å². The van der Waals surface area contributed by atoms with Crippen LogP contribution in [0.4, 0.5) is 19.0 Å². The zero-order valence-corrected chi connectivity index (χ0v) is 19.0. The van der Waals surface area contributed by atoms with Gasteiger partial charge in [0.15, 0.2) is 0 Å². The summed E-state index contributed by atoms with van der Waals surface area (Å²) >= 11 is 0. The molecule has 4 aromatic heterocycles. The first-order valence-corrected chi connectivity index (χ1v) is 11.4. The van der Waals surface area contributed by atoms with Crippen molar-refractivity contribution in [3.8, 4) is 11.3 Å². The highest BCUT2D eigenvalue weighted by atomic mass is 19.4. The minimum atomic E-state index is -4.63. The number of alkyl halides is 3. The molecule has 0 aliphatic carbocycles. The summed E-state index contributed by atoms with van der Waals surface area (Å²) in [6.07, 6.45) is 1.03. The average molecular weight is 484 g/mol. The number of halogens is 3. The van der Waals surface area contributed by atoms with E-state index in [-0.39, 0.29) is 17.5 Å². The van der Waals surface area contributed by atoms with Gasteiger partial charge in [-0.1, -0.05) is 12.1 Å². The molecule has 0 radical (unpaired) electrons. The molecule has 9 nitrogen and oxygen atoms in total. The molecule has 1 aliphatic heterocycles. The zero-order valence-electron chi connectivity index (χ0n) is 19.0. The molecule has 0 atom stereocenters. The Balaban J connectivity index is 1.54. The Bertz CT molecular complexity index is 1410. The maximum absolute atomic E-state index is 13.3. The first kappa shape index (κ1) is 22.9. The Morgan fingerprint density at radius 1 is 1.14 bits per heavy atom. The fraction of sp³-hybridized carbons (Fsp3) is 0.391. The molecule has 0 unspecified atom stereocenters. The van der Waals surface area contributed by atoms with Crippen LogP contribution in [0.2, 0.25) is 0 Å². The summed E-state index contributed by atoms with van der Waals surface area (Å²) in [6, 6.07) is 4.25. The van der Waals surface area contributed by atoms with E-state index in [9.17, 15) is 18.0 Å². The van der Waals surface area contributed by atoms with Crippen LogP contribution in [0.3, 0.4) is 0 Å². The van der Waals surface area contributed by atoms with Gasteiger partial charge in [0.2, 0.25) is 5.91 Å². The monoisotopic (exact) mass is 484 g/mol. The van der Waals surface area contributed by atoms with E-state index in [1.807, 2.05) is 11.8 Å². The topological polar surface area (TPSA) is 116 Å². The number of nitrogens with zero attached hydrogens (tertiary/aromatic N) is 7. The molecular weight excluding hydrogens is 461 g/mol. The van der Waals surface area contributed by atoms with Crippen molar-refractivity contribution in [2.75, 3.05) is 18.8 Å². The number of rotatable bonds is 4. The summed E-state index contributed by atoms with van der Waals surface area (Å²) in [5.41, 5.74) is 7.18. The number of carbonyl (C=O) groups is 1. The fourth-order valence-electron chi connectivity index (χ4n) is 4.47. The Labute approximate surface area is 198 Å². The summed E-state index contributed by atoms with van der Waals surface area (Å²) in [4.78, 5) is 26.9. The molecular formula is C23H23F3N8O. The van der Waals surface area contributed by atoms with Crippen molar-refractivity contribution in [1.29, 1.82) is 0 Å². The predicted molar refractivity (Wildman–Crippen MR) is 123 cm³/mol. The normalized spacial score (nSPS) is 15.3. The lowest BCUT2D eigenvalue weighted by atomic mass is 10.0.